The minimum absolute atomic E-state index is 0.0394. The third-order valence-corrected chi connectivity index (χ3v) is 7.09. The molecule has 0 spiro atoms. The van der Waals surface area contributed by atoms with Gasteiger partial charge in [-0.2, -0.15) is 0 Å². The number of carbonyl (C=O) groups excluding carboxylic acids is 2. The number of hydrogen-bond acceptors (Lipinski definition) is 7. The first-order chi connectivity index (χ1) is 20.3. The molecule has 42 heavy (non-hydrogen) atoms. The normalized spacial score (nSPS) is 16.9. The summed E-state index contributed by atoms with van der Waals surface area (Å²) in [7, 11) is 1.56. The molecule has 0 aliphatic carbocycles. The Bertz CT molecular complexity index is 1380. The highest BCUT2D eigenvalue weighted by atomic mass is 16.5. The lowest BCUT2D eigenvalue weighted by Crippen LogP contribution is -2.54. The molecule has 1 heterocycles. The third kappa shape index (κ3) is 8.61. The molecule has 11 nitrogen and oxygen atoms in total. The maximum absolute atomic E-state index is 12.8. The minimum atomic E-state index is -0.743. The fraction of sp³-hybridized carbons (Fsp3) is 0.323. The molecule has 2 amide bonds. The number of hydrazine groups is 1. The molecule has 1 saturated heterocycles. The van der Waals surface area contributed by atoms with E-state index in [9.17, 15) is 14.5 Å². The second kappa shape index (κ2) is 14.7. The van der Waals surface area contributed by atoms with Crippen molar-refractivity contribution in [2.75, 3.05) is 13.7 Å². The van der Waals surface area contributed by atoms with Gasteiger partial charge in [-0.25, -0.2) is 4.79 Å². The van der Waals surface area contributed by atoms with Gasteiger partial charge in [0.2, 0.25) is 5.91 Å². The lowest BCUT2D eigenvalue weighted by atomic mass is 9.89. The van der Waals surface area contributed by atoms with E-state index in [4.69, 9.17) is 14.9 Å². The average Bonchev–Trinajstić information content (AvgIpc) is 3.03. The van der Waals surface area contributed by atoms with Gasteiger partial charge < -0.3 is 14.8 Å². The molecule has 3 aromatic carbocycles. The molecule has 5 N–H and O–H groups in total. The van der Waals surface area contributed by atoms with E-state index in [1.165, 1.54) is 5.56 Å². The van der Waals surface area contributed by atoms with Crippen LogP contribution in [0.25, 0.3) is 0 Å². The van der Waals surface area contributed by atoms with E-state index in [1.54, 1.807) is 62.6 Å². The van der Waals surface area contributed by atoms with E-state index < -0.39 is 18.3 Å². The number of methoxy groups -OCH3 is 1. The number of hydrogen-bond donors (Lipinski definition) is 5. The molecule has 220 valence electrons. The van der Waals surface area contributed by atoms with Crippen molar-refractivity contribution in [1.29, 1.82) is 5.41 Å². The minimum Gasteiger partial charge on any atom is -0.497 e. The van der Waals surface area contributed by atoms with Crippen LogP contribution in [0.3, 0.4) is 0 Å². The van der Waals surface area contributed by atoms with Crippen LogP contribution in [0.5, 0.6) is 5.75 Å². The summed E-state index contributed by atoms with van der Waals surface area (Å²) >= 11 is 0. The third-order valence-electron chi connectivity index (χ3n) is 7.09. The molecule has 0 aromatic heterocycles. The van der Waals surface area contributed by atoms with Gasteiger partial charge in [-0.05, 0) is 48.1 Å². The summed E-state index contributed by atoms with van der Waals surface area (Å²) in [5.41, 5.74) is 6.00. The van der Waals surface area contributed by atoms with Gasteiger partial charge in [-0.3, -0.25) is 20.8 Å². The smallest absolute Gasteiger partial charge is 0.413 e. The predicted octanol–water partition coefficient (Wildman–Crippen LogP) is 3.73. The van der Waals surface area contributed by atoms with Crippen molar-refractivity contribution in [2.45, 2.75) is 51.0 Å². The molecule has 1 aliphatic rings. The largest absolute Gasteiger partial charge is 0.497 e. The molecule has 3 aromatic rings. The van der Waals surface area contributed by atoms with Crippen molar-refractivity contribution in [3.8, 4) is 5.75 Å². The molecule has 0 radical (unpaired) electrons. The van der Waals surface area contributed by atoms with Crippen LogP contribution < -0.4 is 26.1 Å². The summed E-state index contributed by atoms with van der Waals surface area (Å²) in [6, 6.07) is 23.4. The van der Waals surface area contributed by atoms with Crippen LogP contribution >= 0.6 is 0 Å². The summed E-state index contributed by atoms with van der Waals surface area (Å²) in [4.78, 5) is 38.3. The second-order valence-electron chi connectivity index (χ2n) is 10.1. The summed E-state index contributed by atoms with van der Waals surface area (Å²) in [6.07, 6.45) is 0.417. The average molecular weight is 574 g/mol. The van der Waals surface area contributed by atoms with Crippen molar-refractivity contribution >= 4 is 17.8 Å². The molecule has 0 unspecified atom stereocenters. The number of piperidine rings is 1. The van der Waals surface area contributed by atoms with Crippen LogP contribution in [0, 0.1) is 10.3 Å². The Morgan fingerprint density at radius 1 is 1.05 bits per heavy atom. The Balaban J connectivity index is 1.18. The fourth-order valence-corrected chi connectivity index (χ4v) is 4.69. The Labute approximate surface area is 245 Å². The molecule has 11 heteroatoms. The summed E-state index contributed by atoms with van der Waals surface area (Å²) in [5.74, 6) is 0.514. The van der Waals surface area contributed by atoms with Gasteiger partial charge in [0, 0.05) is 25.1 Å². The summed E-state index contributed by atoms with van der Waals surface area (Å²) < 4.78 is 10.3. The van der Waals surface area contributed by atoms with Gasteiger partial charge >= 0.3 is 6.09 Å². The van der Waals surface area contributed by atoms with Gasteiger partial charge in [0.15, 0.2) is 6.04 Å². The van der Waals surface area contributed by atoms with Crippen molar-refractivity contribution < 1.29 is 23.9 Å². The van der Waals surface area contributed by atoms with Crippen molar-refractivity contribution in [3.63, 3.8) is 0 Å². The highest BCUT2D eigenvalue weighted by Gasteiger charge is 2.35. The molecular weight excluding hydrogens is 536 g/mol. The van der Waals surface area contributed by atoms with Gasteiger partial charge in [0.25, 0.3) is 6.17 Å². The van der Waals surface area contributed by atoms with E-state index in [2.05, 4.69) is 33.5 Å². The van der Waals surface area contributed by atoms with E-state index in [0.29, 0.717) is 17.7 Å². The highest BCUT2D eigenvalue weighted by molar-refractivity contribution is 6.04. The lowest BCUT2D eigenvalue weighted by molar-refractivity contribution is -0.651. The molecule has 1 fully saturated rings. The molecule has 4 rings (SSSR count). The monoisotopic (exact) mass is 573 g/mol. The van der Waals surface area contributed by atoms with Gasteiger partial charge in [0.1, 0.15) is 23.1 Å². The summed E-state index contributed by atoms with van der Waals surface area (Å²) in [5, 5.41) is 16.6. The first-order valence-corrected chi connectivity index (χ1v) is 13.9. The Hall–Kier alpha value is -4.77. The van der Waals surface area contributed by atoms with Gasteiger partial charge in [0.05, 0.1) is 12.0 Å². The predicted molar refractivity (Wildman–Crippen MR) is 158 cm³/mol. The first-order valence-electron chi connectivity index (χ1n) is 13.9. The number of amides is 2. The number of nitroso groups, excluding NO2 is 1. The molecule has 0 bridgehead atoms. The van der Waals surface area contributed by atoms with Crippen LogP contribution in [0.1, 0.15) is 47.9 Å². The molecular formula is C31H37N6O5+. The second-order valence-corrected chi connectivity index (χ2v) is 10.1. The van der Waals surface area contributed by atoms with Gasteiger partial charge in [-0.15, -0.1) is 5.43 Å². The standard InChI is InChI=1S/C31H36N6O5/c1-21(36-37(40)28-18-26(15-16-33-28)24-8-4-3-5-9-24)30(38)34-19-22-11-13-25(14-12-22)29(32)35-31(39)42-20-23-7-6-10-27(17-23)41-2/h3-14,17,21,26,28,33H,15-16,18-20H2,1-2H3,(H3-,32,34,35,36,38,39,40)/p+1/t21-,26-,28-/m0/s1. The topological polar surface area (TPSA) is 145 Å². The number of ether oxygens (including phenoxy) is 2. The van der Waals surface area contributed by atoms with E-state index in [0.717, 1.165) is 29.0 Å². The van der Waals surface area contributed by atoms with Crippen molar-refractivity contribution in [3.05, 3.63) is 106 Å². The molecule has 1 aliphatic heterocycles. The Kier molecular flexibility index (Phi) is 10.6. The fourth-order valence-electron chi connectivity index (χ4n) is 4.69. The zero-order valence-electron chi connectivity index (χ0n) is 23.8. The number of rotatable bonds is 11. The quantitative estimate of drug-likeness (QED) is 0.102. The van der Waals surface area contributed by atoms with Crippen LogP contribution in [0.4, 0.5) is 4.79 Å². The van der Waals surface area contributed by atoms with Crippen LogP contribution in [-0.4, -0.2) is 48.6 Å². The maximum atomic E-state index is 12.8. The van der Waals surface area contributed by atoms with Crippen LogP contribution in [0.15, 0.2) is 78.9 Å². The number of carbonyl (C=O) groups is 2. The maximum Gasteiger partial charge on any atom is 0.413 e. The number of benzene rings is 3. The lowest BCUT2D eigenvalue weighted by Gasteiger charge is -2.25. The van der Waals surface area contributed by atoms with Crippen LogP contribution in [0.2, 0.25) is 0 Å². The molecule has 3 atom stereocenters. The zero-order chi connectivity index (χ0) is 29.9. The van der Waals surface area contributed by atoms with Crippen molar-refractivity contribution in [2.24, 2.45) is 0 Å². The number of nitrogens with one attached hydrogen (secondary N) is 5. The number of amidine groups is 1. The highest BCUT2D eigenvalue weighted by Crippen LogP contribution is 2.27. The SMILES string of the molecule is COc1cccc(COC(=O)NC(=N)c2ccc(CNC(=O)[C@H](C)N[N+](=O)[C@H]3C[C@@H](c4ccccc4)CCN3)cc2)c1. The van der Waals surface area contributed by atoms with E-state index in [-0.39, 0.29) is 30.8 Å². The number of alkyl carbamates (subject to hydrolysis) is 1. The van der Waals surface area contributed by atoms with Crippen LogP contribution in [-0.2, 0) is 22.7 Å². The zero-order valence-corrected chi connectivity index (χ0v) is 23.8. The number of nitrogens with zero attached hydrogens (tertiary/aromatic N) is 1. The van der Waals surface area contributed by atoms with E-state index >= 15 is 0 Å². The molecule has 0 saturated carbocycles. The Morgan fingerprint density at radius 3 is 2.55 bits per heavy atom. The summed E-state index contributed by atoms with van der Waals surface area (Å²) in [6.45, 7) is 2.64. The first kappa shape index (κ1) is 30.2. The van der Waals surface area contributed by atoms with Gasteiger partial charge in [-0.1, -0.05) is 66.7 Å². The Morgan fingerprint density at radius 2 is 1.81 bits per heavy atom. The van der Waals surface area contributed by atoms with Crippen molar-refractivity contribution in [1.82, 2.24) is 21.4 Å². The van der Waals surface area contributed by atoms with E-state index in [1.807, 2.05) is 18.2 Å².